The molecule has 0 fully saturated rings. The molecule has 3 heterocycles. The number of aromatic nitrogens is 4. The van der Waals surface area contributed by atoms with E-state index in [-0.39, 0.29) is 30.2 Å². The summed E-state index contributed by atoms with van der Waals surface area (Å²) in [6, 6.07) is 0. The third kappa shape index (κ3) is 8.03. The number of esters is 1. The summed E-state index contributed by atoms with van der Waals surface area (Å²) in [4.78, 5) is 51.8. The Hall–Kier alpha value is -4.04. The summed E-state index contributed by atoms with van der Waals surface area (Å²) in [5, 5.41) is 19.1. The molecule has 1 aliphatic rings. The number of allylic oxidation sites excluding steroid dienone is 2. The maximum atomic E-state index is 11.8. The van der Waals surface area contributed by atoms with Crippen molar-refractivity contribution in [3.8, 4) is 11.5 Å². The molecule has 1 aliphatic heterocycles. The van der Waals surface area contributed by atoms with Gasteiger partial charge in [0.1, 0.15) is 41.9 Å². The highest BCUT2D eigenvalue weighted by atomic mass is 31.2. The van der Waals surface area contributed by atoms with Crippen molar-refractivity contribution in [3.05, 3.63) is 46.6 Å². The number of aromatic hydroxyl groups is 1. The van der Waals surface area contributed by atoms with E-state index in [2.05, 4.69) is 15.0 Å². The number of nitrogens with zero attached hydrogens (tertiary/aromatic N) is 4. The summed E-state index contributed by atoms with van der Waals surface area (Å²) < 4.78 is 27.9. The van der Waals surface area contributed by atoms with Crippen molar-refractivity contribution in [1.29, 1.82) is 0 Å². The number of phenols is 1. The normalized spacial score (nSPS) is 13.8. The second kappa shape index (κ2) is 13.7. The Kier molecular flexibility index (Phi) is 10.6. The summed E-state index contributed by atoms with van der Waals surface area (Å²) in [5.41, 5.74) is 9.74. The van der Waals surface area contributed by atoms with Crippen LogP contribution in [-0.4, -0.2) is 71.0 Å². The van der Waals surface area contributed by atoms with Gasteiger partial charge in [0.05, 0.1) is 26.1 Å². The molecule has 42 heavy (non-hydrogen) atoms. The van der Waals surface area contributed by atoms with Crippen molar-refractivity contribution < 1.29 is 48.4 Å². The molecule has 2 aromatic heterocycles. The van der Waals surface area contributed by atoms with E-state index in [1.165, 1.54) is 19.8 Å². The zero-order valence-corrected chi connectivity index (χ0v) is 24.5. The van der Waals surface area contributed by atoms with Crippen LogP contribution in [0.25, 0.3) is 11.2 Å². The lowest BCUT2D eigenvalue weighted by Gasteiger charge is -2.15. The van der Waals surface area contributed by atoms with Crippen LogP contribution in [0.2, 0.25) is 0 Å². The van der Waals surface area contributed by atoms with E-state index in [9.17, 15) is 19.3 Å². The Labute approximate surface area is 241 Å². The SMILES string of the molecule is COc1c(C)c2c(c(O)c1C/C=C(\C)CCC(=O)O)C(=O)OC2.C[C@H](Cn1cnc2c(N)ncnc21)OCP(=O)(O)O. The van der Waals surface area contributed by atoms with Gasteiger partial charge in [0.25, 0.3) is 0 Å². The van der Waals surface area contributed by atoms with Crippen LogP contribution in [-0.2, 0) is 38.4 Å². The minimum absolute atomic E-state index is 0.0565. The number of carboxylic acid groups (broad SMARTS) is 1. The fraction of sp³-hybridized carbons (Fsp3) is 0.423. The van der Waals surface area contributed by atoms with Gasteiger partial charge in [-0.05, 0) is 39.2 Å². The van der Waals surface area contributed by atoms with E-state index < -0.39 is 32.0 Å². The molecule has 0 radical (unpaired) electrons. The second-order valence-electron chi connectivity index (χ2n) is 9.66. The van der Waals surface area contributed by atoms with Gasteiger partial charge in [-0.1, -0.05) is 11.6 Å². The first-order valence-electron chi connectivity index (χ1n) is 12.8. The number of rotatable bonds is 11. The minimum Gasteiger partial charge on any atom is -0.507 e. The summed E-state index contributed by atoms with van der Waals surface area (Å²) in [5.74, 6) is -0.688. The number of benzene rings is 1. The van der Waals surface area contributed by atoms with E-state index in [1.54, 1.807) is 11.5 Å². The Morgan fingerprint density at radius 3 is 2.64 bits per heavy atom. The smallest absolute Gasteiger partial charge is 0.350 e. The number of fused-ring (bicyclic) bond motifs is 2. The lowest BCUT2D eigenvalue weighted by atomic mass is 9.94. The van der Waals surface area contributed by atoms with Crippen molar-refractivity contribution in [2.45, 2.75) is 59.3 Å². The fourth-order valence-electron chi connectivity index (χ4n) is 4.30. The number of cyclic esters (lactones) is 1. The largest absolute Gasteiger partial charge is 0.507 e. The van der Waals surface area contributed by atoms with Gasteiger partial charge in [0.2, 0.25) is 0 Å². The number of carbonyl (C=O) groups is 2. The molecule has 0 unspecified atom stereocenters. The first-order chi connectivity index (χ1) is 19.7. The molecule has 4 rings (SSSR count). The summed E-state index contributed by atoms with van der Waals surface area (Å²) in [7, 11) is -2.65. The summed E-state index contributed by atoms with van der Waals surface area (Å²) >= 11 is 0. The number of hydrogen-bond acceptors (Lipinski definition) is 11. The van der Waals surface area contributed by atoms with Crippen molar-refractivity contribution in [3.63, 3.8) is 0 Å². The summed E-state index contributed by atoms with van der Waals surface area (Å²) in [6.07, 6.45) is 4.53. The van der Waals surface area contributed by atoms with E-state index in [0.717, 1.165) is 11.1 Å². The lowest BCUT2D eigenvalue weighted by Crippen LogP contribution is -2.17. The van der Waals surface area contributed by atoms with Gasteiger partial charge in [-0.25, -0.2) is 19.7 Å². The van der Waals surface area contributed by atoms with Crippen molar-refractivity contribution in [2.24, 2.45) is 0 Å². The van der Waals surface area contributed by atoms with Crippen LogP contribution in [0.1, 0.15) is 53.7 Å². The van der Waals surface area contributed by atoms with Crippen molar-refractivity contribution in [2.75, 3.05) is 19.2 Å². The Bertz CT molecular complexity index is 1550. The number of methoxy groups -OCH3 is 1. The molecule has 0 saturated heterocycles. The highest BCUT2D eigenvalue weighted by Gasteiger charge is 2.31. The number of hydrogen-bond donors (Lipinski definition) is 5. The second-order valence-corrected chi connectivity index (χ2v) is 11.3. The predicted octanol–water partition coefficient (Wildman–Crippen LogP) is 2.68. The van der Waals surface area contributed by atoms with Gasteiger partial charge in [-0.2, -0.15) is 0 Å². The Balaban J connectivity index is 0.000000235. The molecule has 1 aromatic carbocycles. The number of aliphatic carboxylic acids is 1. The van der Waals surface area contributed by atoms with Gasteiger partial charge in [-0.3, -0.25) is 9.36 Å². The molecule has 0 saturated carbocycles. The topological polar surface area (TPSA) is 229 Å². The number of nitrogens with two attached hydrogens (primary N) is 1. The molecule has 6 N–H and O–H groups in total. The molecule has 16 heteroatoms. The van der Waals surface area contributed by atoms with Gasteiger partial charge < -0.3 is 44.5 Å². The van der Waals surface area contributed by atoms with Crippen LogP contribution >= 0.6 is 7.60 Å². The molecule has 1 atom stereocenters. The van der Waals surface area contributed by atoms with Gasteiger partial charge in [0, 0.05) is 17.5 Å². The van der Waals surface area contributed by atoms with Crippen LogP contribution in [0, 0.1) is 6.92 Å². The lowest BCUT2D eigenvalue weighted by molar-refractivity contribution is -0.136. The van der Waals surface area contributed by atoms with Crippen LogP contribution < -0.4 is 10.5 Å². The van der Waals surface area contributed by atoms with Crippen LogP contribution in [0.3, 0.4) is 0 Å². The zero-order valence-electron chi connectivity index (χ0n) is 23.6. The standard InChI is InChI=1S/C17H20O6.C9H14N5O4P/c1-9(5-7-13(18)19)4-6-11-15(20)14-12(8-23-17(14)21)10(2)16(11)22-3;1-6(18-5-19(15,16)17)2-14-4-13-7-8(10)11-3-12-9(7)14/h4,20H,5-8H2,1-3H3,(H,18,19);3-4,6H,2,5H2,1H3,(H2,10,11,12)(H2,15,16,17)/b9-4+;/t;6-/m.1/s1. The Morgan fingerprint density at radius 2 is 2.00 bits per heavy atom. The van der Waals surface area contributed by atoms with Gasteiger partial charge in [-0.15, -0.1) is 0 Å². The number of carbonyl (C=O) groups excluding carboxylic acids is 1. The molecule has 0 bridgehead atoms. The first kappa shape index (κ1) is 32.5. The maximum Gasteiger partial charge on any atom is 0.350 e. The van der Waals surface area contributed by atoms with Gasteiger partial charge >= 0.3 is 19.5 Å². The molecular weight excluding hydrogens is 573 g/mol. The van der Waals surface area contributed by atoms with Crippen LogP contribution in [0.4, 0.5) is 5.82 Å². The van der Waals surface area contributed by atoms with E-state index >= 15 is 0 Å². The van der Waals surface area contributed by atoms with Crippen LogP contribution in [0.15, 0.2) is 24.3 Å². The monoisotopic (exact) mass is 607 g/mol. The molecule has 3 aromatic rings. The minimum atomic E-state index is -4.16. The van der Waals surface area contributed by atoms with Crippen molar-refractivity contribution >= 4 is 36.5 Å². The third-order valence-corrected chi connectivity index (χ3v) is 6.93. The van der Waals surface area contributed by atoms with E-state index in [0.29, 0.717) is 47.4 Å². The average Bonchev–Trinajstić information content (AvgIpc) is 3.52. The molecule has 15 nitrogen and oxygen atoms in total. The first-order valence-corrected chi connectivity index (χ1v) is 14.6. The third-order valence-electron chi connectivity index (χ3n) is 6.45. The number of phenolic OH excluding ortho intramolecular Hbond substituents is 1. The molecular formula is C26H34N5O10P. The highest BCUT2D eigenvalue weighted by Crippen LogP contribution is 2.42. The van der Waals surface area contributed by atoms with Crippen molar-refractivity contribution in [1.82, 2.24) is 19.5 Å². The van der Waals surface area contributed by atoms with E-state index in [1.807, 2.05) is 19.9 Å². The Morgan fingerprint density at radius 1 is 1.29 bits per heavy atom. The number of nitrogen functional groups attached to an aromatic ring is 1. The number of anilines is 1. The van der Waals surface area contributed by atoms with Crippen LogP contribution in [0.5, 0.6) is 11.5 Å². The van der Waals surface area contributed by atoms with E-state index in [4.69, 9.17) is 34.8 Å². The predicted molar refractivity (Wildman–Crippen MR) is 150 cm³/mol. The molecule has 0 spiro atoms. The zero-order chi connectivity index (χ0) is 31.2. The fourth-order valence-corrected chi connectivity index (χ4v) is 4.75. The maximum absolute atomic E-state index is 11.8. The number of carboxylic acids is 1. The molecule has 0 aliphatic carbocycles. The molecule has 228 valence electrons. The number of imidazole rings is 1. The summed E-state index contributed by atoms with van der Waals surface area (Å²) in [6.45, 7) is 5.85. The molecule has 0 amide bonds. The highest BCUT2D eigenvalue weighted by molar-refractivity contribution is 7.51. The van der Waals surface area contributed by atoms with Gasteiger partial charge in [0.15, 0.2) is 11.5 Å². The average molecular weight is 608 g/mol. The number of ether oxygens (including phenoxy) is 3. The quantitative estimate of drug-likeness (QED) is 0.120.